The maximum atomic E-state index is 12.1. The lowest BCUT2D eigenvalue weighted by Gasteiger charge is -2.23. The van der Waals surface area contributed by atoms with E-state index in [0.717, 1.165) is 23.1 Å². The van der Waals surface area contributed by atoms with Crippen LogP contribution >= 0.6 is 0 Å². The van der Waals surface area contributed by atoms with Crippen LogP contribution in [0.2, 0.25) is 0 Å². The van der Waals surface area contributed by atoms with Gasteiger partial charge in [-0.15, -0.1) is 0 Å². The zero-order valence-corrected chi connectivity index (χ0v) is 11.1. The second-order valence-corrected chi connectivity index (χ2v) is 4.86. The number of ether oxygens (including phenoxy) is 1. The first kappa shape index (κ1) is 13.0. The fourth-order valence-corrected chi connectivity index (χ4v) is 2.38. The molecule has 3 rings (SSSR count). The van der Waals surface area contributed by atoms with Crippen molar-refractivity contribution in [2.24, 2.45) is 0 Å². The fourth-order valence-electron chi connectivity index (χ4n) is 2.38. The molecule has 0 spiro atoms. The van der Waals surface area contributed by atoms with Gasteiger partial charge < -0.3 is 15.4 Å². The summed E-state index contributed by atoms with van der Waals surface area (Å²) in [5.74, 6) is -0.0221. The molecular weight excluding hydrogens is 254 g/mol. The van der Waals surface area contributed by atoms with Crippen molar-refractivity contribution >= 4 is 22.5 Å². The molecule has 5 nitrogen and oxygen atoms in total. The van der Waals surface area contributed by atoms with Gasteiger partial charge in [-0.2, -0.15) is 0 Å². The van der Waals surface area contributed by atoms with Crippen LogP contribution in [0.1, 0.15) is 6.42 Å². The summed E-state index contributed by atoms with van der Waals surface area (Å²) in [7, 11) is 0. The number of fused-ring (bicyclic) bond motifs is 1. The average molecular weight is 271 g/mol. The number of hydrogen-bond acceptors (Lipinski definition) is 4. The van der Waals surface area contributed by atoms with E-state index in [-0.39, 0.29) is 11.9 Å². The minimum Gasteiger partial charge on any atom is -0.378 e. The number of anilines is 1. The van der Waals surface area contributed by atoms with Gasteiger partial charge in [0.05, 0.1) is 24.4 Å². The third-order valence-electron chi connectivity index (χ3n) is 3.34. The molecule has 1 amide bonds. The average Bonchev–Trinajstić information content (AvgIpc) is 2.48. The van der Waals surface area contributed by atoms with Gasteiger partial charge in [0, 0.05) is 30.6 Å². The van der Waals surface area contributed by atoms with Crippen molar-refractivity contribution in [3.05, 3.63) is 36.5 Å². The number of para-hydroxylation sites is 1. The largest absolute Gasteiger partial charge is 0.378 e. The van der Waals surface area contributed by atoms with Crippen LogP contribution in [0, 0.1) is 0 Å². The van der Waals surface area contributed by atoms with Crippen molar-refractivity contribution in [2.45, 2.75) is 12.5 Å². The van der Waals surface area contributed by atoms with Crippen molar-refractivity contribution in [3.63, 3.8) is 0 Å². The smallest absolute Gasteiger partial charge is 0.226 e. The van der Waals surface area contributed by atoms with Crippen LogP contribution in [0.4, 0.5) is 5.69 Å². The number of carbonyl (C=O) groups is 1. The van der Waals surface area contributed by atoms with Gasteiger partial charge in [-0.1, -0.05) is 18.2 Å². The van der Waals surface area contributed by atoms with Gasteiger partial charge in [0.2, 0.25) is 5.91 Å². The van der Waals surface area contributed by atoms with E-state index in [4.69, 9.17) is 4.74 Å². The Balaban J connectivity index is 1.71. The van der Waals surface area contributed by atoms with E-state index in [1.807, 2.05) is 30.3 Å². The van der Waals surface area contributed by atoms with Gasteiger partial charge >= 0.3 is 0 Å². The van der Waals surface area contributed by atoms with E-state index in [0.29, 0.717) is 19.6 Å². The molecule has 20 heavy (non-hydrogen) atoms. The summed E-state index contributed by atoms with van der Waals surface area (Å²) in [6.45, 7) is 2.10. The Labute approximate surface area is 117 Å². The van der Waals surface area contributed by atoms with Crippen LogP contribution < -0.4 is 10.6 Å². The van der Waals surface area contributed by atoms with Crippen molar-refractivity contribution < 1.29 is 9.53 Å². The first-order valence-electron chi connectivity index (χ1n) is 6.77. The molecule has 104 valence electrons. The van der Waals surface area contributed by atoms with Crippen LogP contribution in [-0.4, -0.2) is 36.7 Å². The molecule has 1 aromatic carbocycles. The van der Waals surface area contributed by atoms with Gasteiger partial charge in [-0.05, 0) is 12.1 Å². The highest BCUT2D eigenvalue weighted by Gasteiger charge is 2.17. The number of morpholine rings is 1. The van der Waals surface area contributed by atoms with Crippen LogP contribution in [-0.2, 0) is 9.53 Å². The topological polar surface area (TPSA) is 63.2 Å². The summed E-state index contributed by atoms with van der Waals surface area (Å²) in [5, 5.41) is 7.22. The quantitative estimate of drug-likeness (QED) is 0.889. The second-order valence-electron chi connectivity index (χ2n) is 4.86. The van der Waals surface area contributed by atoms with E-state index in [1.54, 1.807) is 6.20 Å². The van der Waals surface area contributed by atoms with E-state index in [9.17, 15) is 4.79 Å². The summed E-state index contributed by atoms with van der Waals surface area (Å²) >= 11 is 0. The fraction of sp³-hybridized carbons (Fsp3) is 0.333. The van der Waals surface area contributed by atoms with Crippen molar-refractivity contribution in [2.75, 3.05) is 25.1 Å². The molecule has 1 aliphatic heterocycles. The molecule has 0 radical (unpaired) electrons. The first-order valence-corrected chi connectivity index (χ1v) is 6.77. The molecule has 1 aromatic heterocycles. The van der Waals surface area contributed by atoms with Crippen LogP contribution in [0.5, 0.6) is 0 Å². The SMILES string of the molecule is O=C(CC1COCCN1)Nc1cccc2cccnc12. The van der Waals surface area contributed by atoms with E-state index < -0.39 is 0 Å². The van der Waals surface area contributed by atoms with Crippen LogP contribution in [0.3, 0.4) is 0 Å². The predicted molar refractivity (Wildman–Crippen MR) is 77.6 cm³/mol. The Hall–Kier alpha value is -1.98. The van der Waals surface area contributed by atoms with E-state index in [1.165, 1.54) is 0 Å². The number of rotatable bonds is 3. The third-order valence-corrected chi connectivity index (χ3v) is 3.34. The number of nitrogens with zero attached hydrogens (tertiary/aromatic N) is 1. The number of aromatic nitrogens is 1. The molecule has 1 fully saturated rings. The van der Waals surface area contributed by atoms with Crippen LogP contribution in [0.25, 0.3) is 10.9 Å². The minimum atomic E-state index is -0.0221. The van der Waals surface area contributed by atoms with Gasteiger partial charge in [0.1, 0.15) is 0 Å². The first-order chi connectivity index (χ1) is 9.83. The Morgan fingerprint density at radius 1 is 1.40 bits per heavy atom. The summed E-state index contributed by atoms with van der Waals surface area (Å²) in [4.78, 5) is 16.4. The zero-order valence-electron chi connectivity index (χ0n) is 11.1. The summed E-state index contributed by atoms with van der Waals surface area (Å²) in [6, 6.07) is 9.73. The van der Waals surface area contributed by atoms with Gasteiger partial charge in [-0.25, -0.2) is 0 Å². The van der Waals surface area contributed by atoms with Gasteiger partial charge in [-0.3, -0.25) is 9.78 Å². The lowest BCUT2D eigenvalue weighted by atomic mass is 10.1. The Bertz CT molecular complexity index is 604. The maximum Gasteiger partial charge on any atom is 0.226 e. The zero-order chi connectivity index (χ0) is 13.8. The number of nitrogens with one attached hydrogen (secondary N) is 2. The molecule has 0 aliphatic carbocycles. The normalized spacial score (nSPS) is 18.9. The molecule has 2 N–H and O–H groups in total. The van der Waals surface area contributed by atoms with Crippen molar-refractivity contribution in [1.29, 1.82) is 0 Å². The summed E-state index contributed by atoms with van der Waals surface area (Å²) in [6.07, 6.45) is 2.14. The molecule has 2 heterocycles. The Kier molecular flexibility index (Phi) is 3.90. The molecule has 5 heteroatoms. The molecule has 1 aliphatic rings. The van der Waals surface area contributed by atoms with E-state index in [2.05, 4.69) is 15.6 Å². The summed E-state index contributed by atoms with van der Waals surface area (Å²) in [5.41, 5.74) is 1.57. The molecule has 1 atom stereocenters. The molecular formula is C15H17N3O2. The highest BCUT2D eigenvalue weighted by Crippen LogP contribution is 2.20. The number of amides is 1. The minimum absolute atomic E-state index is 0.0221. The number of carbonyl (C=O) groups excluding carboxylic acids is 1. The molecule has 1 saturated heterocycles. The lowest BCUT2D eigenvalue weighted by Crippen LogP contribution is -2.43. The highest BCUT2D eigenvalue weighted by atomic mass is 16.5. The molecule has 1 unspecified atom stereocenters. The monoisotopic (exact) mass is 271 g/mol. The number of hydrogen-bond donors (Lipinski definition) is 2. The van der Waals surface area contributed by atoms with E-state index >= 15 is 0 Å². The Morgan fingerprint density at radius 3 is 3.15 bits per heavy atom. The number of benzene rings is 1. The Morgan fingerprint density at radius 2 is 2.30 bits per heavy atom. The standard InChI is InChI=1S/C15H17N3O2/c19-14(9-12-10-20-8-7-16-12)18-13-5-1-3-11-4-2-6-17-15(11)13/h1-6,12,16H,7-10H2,(H,18,19). The van der Waals surface area contributed by atoms with Gasteiger partial charge in [0.15, 0.2) is 0 Å². The summed E-state index contributed by atoms with van der Waals surface area (Å²) < 4.78 is 5.35. The van der Waals surface area contributed by atoms with Gasteiger partial charge in [0.25, 0.3) is 0 Å². The maximum absolute atomic E-state index is 12.1. The third kappa shape index (κ3) is 2.95. The molecule has 2 aromatic rings. The van der Waals surface area contributed by atoms with Crippen molar-refractivity contribution in [1.82, 2.24) is 10.3 Å². The highest BCUT2D eigenvalue weighted by molar-refractivity contribution is 6.00. The second kappa shape index (κ2) is 5.98. The molecule has 0 bridgehead atoms. The number of pyridine rings is 1. The predicted octanol–water partition coefficient (Wildman–Crippen LogP) is 1.55. The molecule has 0 saturated carbocycles. The lowest BCUT2D eigenvalue weighted by molar-refractivity contribution is -0.117. The van der Waals surface area contributed by atoms with Crippen molar-refractivity contribution in [3.8, 4) is 0 Å². The van der Waals surface area contributed by atoms with Crippen LogP contribution in [0.15, 0.2) is 36.5 Å².